The van der Waals surface area contributed by atoms with Crippen LogP contribution in [0.4, 0.5) is 11.4 Å². The van der Waals surface area contributed by atoms with Crippen molar-refractivity contribution in [2.75, 3.05) is 6.61 Å². The number of hydrogen-bond acceptors (Lipinski definition) is 3. The standard InChI is InChI=1S/C28H42N2O/c1-2-3-4-5-6-7-8-9-10-11-12-13-14-20-25-31-28-24-19-18-23-27(28)30-29-26-21-16-15-17-22-26/h15-19,21-24H,2-14,20,25H2,1H3. The molecule has 2 aromatic rings. The van der Waals surface area contributed by atoms with E-state index < -0.39 is 0 Å². The second-order valence-corrected chi connectivity index (χ2v) is 8.45. The minimum atomic E-state index is 0.746. The summed E-state index contributed by atoms with van der Waals surface area (Å²) in [7, 11) is 0. The van der Waals surface area contributed by atoms with E-state index in [9.17, 15) is 0 Å². The quantitative estimate of drug-likeness (QED) is 0.174. The van der Waals surface area contributed by atoms with Gasteiger partial charge in [-0.15, -0.1) is 5.11 Å². The van der Waals surface area contributed by atoms with Gasteiger partial charge in [0, 0.05) is 0 Å². The molecule has 0 heterocycles. The highest BCUT2D eigenvalue weighted by molar-refractivity contribution is 5.51. The fraction of sp³-hybridized carbons (Fsp3) is 0.571. The van der Waals surface area contributed by atoms with E-state index in [1.54, 1.807) is 0 Å². The molecule has 170 valence electrons. The highest BCUT2D eigenvalue weighted by Gasteiger charge is 2.02. The maximum Gasteiger partial charge on any atom is 0.146 e. The van der Waals surface area contributed by atoms with Crippen molar-refractivity contribution < 1.29 is 4.74 Å². The lowest BCUT2D eigenvalue weighted by molar-refractivity contribution is 0.305. The van der Waals surface area contributed by atoms with Crippen LogP contribution in [0.25, 0.3) is 0 Å². The Kier molecular flexibility index (Phi) is 14.2. The third-order valence-corrected chi connectivity index (χ3v) is 5.65. The average molecular weight is 423 g/mol. The Morgan fingerprint density at radius 2 is 1.06 bits per heavy atom. The average Bonchev–Trinajstić information content (AvgIpc) is 2.81. The van der Waals surface area contributed by atoms with Gasteiger partial charge in [-0.1, -0.05) is 121 Å². The molecule has 3 nitrogen and oxygen atoms in total. The molecule has 0 N–H and O–H groups in total. The van der Waals surface area contributed by atoms with Crippen molar-refractivity contribution in [2.24, 2.45) is 10.2 Å². The smallest absolute Gasteiger partial charge is 0.146 e. The van der Waals surface area contributed by atoms with E-state index in [0.29, 0.717) is 0 Å². The van der Waals surface area contributed by atoms with Gasteiger partial charge in [0.15, 0.2) is 0 Å². The highest BCUT2D eigenvalue weighted by atomic mass is 16.5. The van der Waals surface area contributed by atoms with E-state index >= 15 is 0 Å². The molecule has 0 amide bonds. The van der Waals surface area contributed by atoms with Gasteiger partial charge in [0.2, 0.25) is 0 Å². The topological polar surface area (TPSA) is 34.0 Å². The summed E-state index contributed by atoms with van der Waals surface area (Å²) in [6.07, 6.45) is 19.2. The molecular formula is C28H42N2O. The van der Waals surface area contributed by atoms with Crippen LogP contribution in [-0.4, -0.2) is 6.61 Å². The Balaban J connectivity index is 1.48. The fourth-order valence-corrected chi connectivity index (χ4v) is 3.75. The molecular weight excluding hydrogens is 380 g/mol. The van der Waals surface area contributed by atoms with Crippen LogP contribution in [0.5, 0.6) is 5.75 Å². The molecule has 0 atom stereocenters. The highest BCUT2D eigenvalue weighted by Crippen LogP contribution is 2.29. The summed E-state index contributed by atoms with van der Waals surface area (Å²) >= 11 is 0. The van der Waals surface area contributed by atoms with Gasteiger partial charge in [-0.05, 0) is 30.7 Å². The van der Waals surface area contributed by atoms with Crippen LogP contribution in [0.3, 0.4) is 0 Å². The minimum Gasteiger partial charge on any atom is -0.491 e. The number of hydrogen-bond donors (Lipinski definition) is 0. The summed E-state index contributed by atoms with van der Waals surface area (Å²) in [5, 5.41) is 8.67. The summed E-state index contributed by atoms with van der Waals surface area (Å²) in [6.45, 7) is 3.03. The van der Waals surface area contributed by atoms with Crippen molar-refractivity contribution in [1.82, 2.24) is 0 Å². The van der Waals surface area contributed by atoms with Gasteiger partial charge >= 0.3 is 0 Å². The first-order chi connectivity index (χ1) is 15.4. The first kappa shape index (κ1) is 25.1. The van der Waals surface area contributed by atoms with Crippen LogP contribution >= 0.6 is 0 Å². The lowest BCUT2D eigenvalue weighted by atomic mass is 10.0. The zero-order valence-electron chi connectivity index (χ0n) is 19.6. The van der Waals surface area contributed by atoms with Gasteiger partial charge in [-0.2, -0.15) is 5.11 Å². The van der Waals surface area contributed by atoms with Gasteiger partial charge in [0.05, 0.1) is 12.3 Å². The summed E-state index contributed by atoms with van der Waals surface area (Å²) < 4.78 is 5.98. The SMILES string of the molecule is CCCCCCCCCCCCCCCCOc1ccccc1N=Nc1ccccc1. The van der Waals surface area contributed by atoms with E-state index in [4.69, 9.17) is 4.74 Å². The number of benzene rings is 2. The monoisotopic (exact) mass is 422 g/mol. The maximum atomic E-state index is 5.98. The Morgan fingerprint density at radius 1 is 0.548 bits per heavy atom. The van der Waals surface area contributed by atoms with Gasteiger partial charge in [0.1, 0.15) is 11.4 Å². The van der Waals surface area contributed by atoms with Crippen molar-refractivity contribution in [3.05, 3.63) is 54.6 Å². The molecule has 2 aromatic carbocycles. The van der Waals surface area contributed by atoms with Crippen LogP contribution in [0.15, 0.2) is 64.8 Å². The summed E-state index contributed by atoms with van der Waals surface area (Å²) in [4.78, 5) is 0. The largest absolute Gasteiger partial charge is 0.491 e. The lowest BCUT2D eigenvalue weighted by Gasteiger charge is -2.08. The van der Waals surface area contributed by atoms with Crippen LogP contribution in [-0.2, 0) is 0 Å². The van der Waals surface area contributed by atoms with Crippen molar-refractivity contribution in [3.63, 3.8) is 0 Å². The summed E-state index contributed by atoms with van der Waals surface area (Å²) in [5.74, 6) is 0.817. The predicted octanol–water partition coefficient (Wildman–Crippen LogP) is 9.96. The van der Waals surface area contributed by atoms with Crippen molar-refractivity contribution >= 4 is 11.4 Å². The van der Waals surface area contributed by atoms with Gasteiger partial charge < -0.3 is 4.74 Å². The first-order valence-electron chi connectivity index (χ1n) is 12.6. The molecule has 0 aliphatic heterocycles. The number of para-hydroxylation sites is 1. The third kappa shape index (κ3) is 12.3. The van der Waals surface area contributed by atoms with Crippen molar-refractivity contribution in [2.45, 2.75) is 96.8 Å². The predicted molar refractivity (Wildman–Crippen MR) is 133 cm³/mol. The first-order valence-corrected chi connectivity index (χ1v) is 12.6. The number of ether oxygens (including phenoxy) is 1. The lowest BCUT2D eigenvalue weighted by Crippen LogP contribution is -1.97. The Morgan fingerprint density at radius 3 is 1.68 bits per heavy atom. The number of unbranched alkanes of at least 4 members (excludes halogenated alkanes) is 13. The van der Waals surface area contributed by atoms with Crippen LogP contribution in [0.1, 0.15) is 96.8 Å². The van der Waals surface area contributed by atoms with E-state index in [0.717, 1.165) is 30.2 Å². The molecule has 0 aromatic heterocycles. The van der Waals surface area contributed by atoms with Crippen LogP contribution < -0.4 is 4.74 Å². The minimum absolute atomic E-state index is 0.746. The molecule has 0 aliphatic rings. The molecule has 31 heavy (non-hydrogen) atoms. The molecule has 3 heteroatoms. The summed E-state index contributed by atoms with van der Waals surface area (Å²) in [6, 6.07) is 17.7. The van der Waals surface area contributed by atoms with Gasteiger partial charge in [0.25, 0.3) is 0 Å². The number of nitrogens with zero attached hydrogens (tertiary/aromatic N) is 2. The molecule has 0 saturated carbocycles. The second kappa shape index (κ2) is 17.5. The zero-order valence-corrected chi connectivity index (χ0v) is 19.6. The fourth-order valence-electron chi connectivity index (χ4n) is 3.75. The molecule has 2 rings (SSSR count). The zero-order chi connectivity index (χ0) is 21.8. The van der Waals surface area contributed by atoms with Gasteiger partial charge in [-0.25, -0.2) is 0 Å². The van der Waals surface area contributed by atoms with Crippen LogP contribution in [0, 0.1) is 0 Å². The van der Waals surface area contributed by atoms with Crippen LogP contribution in [0.2, 0.25) is 0 Å². The van der Waals surface area contributed by atoms with E-state index in [1.807, 2.05) is 54.6 Å². The molecule has 0 spiro atoms. The van der Waals surface area contributed by atoms with Crippen molar-refractivity contribution in [3.8, 4) is 5.75 Å². The van der Waals surface area contributed by atoms with Gasteiger partial charge in [-0.3, -0.25) is 0 Å². The second-order valence-electron chi connectivity index (χ2n) is 8.45. The summed E-state index contributed by atoms with van der Waals surface area (Å²) in [5.41, 5.74) is 1.64. The normalized spacial score (nSPS) is 11.3. The Bertz CT molecular complexity index is 699. The molecule has 0 bridgehead atoms. The molecule has 0 aliphatic carbocycles. The third-order valence-electron chi connectivity index (χ3n) is 5.65. The van der Waals surface area contributed by atoms with Crippen molar-refractivity contribution in [1.29, 1.82) is 0 Å². The Hall–Kier alpha value is -2.16. The molecule has 0 fully saturated rings. The van der Waals surface area contributed by atoms with E-state index in [1.165, 1.54) is 83.5 Å². The maximum absolute atomic E-state index is 5.98. The molecule has 0 saturated heterocycles. The number of azo groups is 1. The van der Waals surface area contributed by atoms with E-state index in [2.05, 4.69) is 17.2 Å². The Labute approximate surface area is 190 Å². The molecule has 0 radical (unpaired) electrons. The number of rotatable bonds is 18. The molecule has 0 unspecified atom stereocenters. The van der Waals surface area contributed by atoms with E-state index in [-0.39, 0.29) is 0 Å².